The summed E-state index contributed by atoms with van der Waals surface area (Å²) in [5, 5.41) is 0. The van der Waals surface area contributed by atoms with Crippen molar-refractivity contribution in [2.75, 3.05) is 12.8 Å². The average molecular weight is 268 g/mol. The number of halogens is 3. The average Bonchev–Trinajstić information content (AvgIpc) is 2.37. The maximum Gasteiger partial charge on any atom is 0.416 e. The number of ether oxygens (including phenoxy) is 1. The largest absolute Gasteiger partial charge is 0.495 e. The van der Waals surface area contributed by atoms with Crippen molar-refractivity contribution in [3.05, 3.63) is 42.2 Å². The molecule has 0 amide bonds. The number of nitrogen functional groups attached to an aromatic ring is 1. The molecule has 19 heavy (non-hydrogen) atoms. The van der Waals surface area contributed by atoms with Gasteiger partial charge in [0.05, 0.1) is 18.9 Å². The molecule has 2 N–H and O–H groups in total. The van der Waals surface area contributed by atoms with Crippen LogP contribution in [0.2, 0.25) is 0 Å². The molecule has 1 aromatic carbocycles. The van der Waals surface area contributed by atoms with Crippen LogP contribution >= 0.6 is 0 Å². The Labute approximate surface area is 107 Å². The molecule has 0 radical (unpaired) electrons. The summed E-state index contributed by atoms with van der Waals surface area (Å²) in [6, 6.07) is 4.89. The first-order valence-corrected chi connectivity index (χ1v) is 5.38. The summed E-state index contributed by atoms with van der Waals surface area (Å²) in [6.07, 6.45) is -1.38. The lowest BCUT2D eigenvalue weighted by molar-refractivity contribution is -0.137. The Bertz CT molecular complexity index is 597. The van der Waals surface area contributed by atoms with Gasteiger partial charge in [-0.2, -0.15) is 13.2 Å². The summed E-state index contributed by atoms with van der Waals surface area (Å²) < 4.78 is 42.6. The van der Waals surface area contributed by atoms with E-state index in [4.69, 9.17) is 10.5 Å². The van der Waals surface area contributed by atoms with Crippen molar-refractivity contribution < 1.29 is 17.9 Å². The van der Waals surface area contributed by atoms with Gasteiger partial charge in [-0.1, -0.05) is 6.07 Å². The van der Waals surface area contributed by atoms with Gasteiger partial charge in [-0.25, -0.2) is 0 Å². The van der Waals surface area contributed by atoms with E-state index in [1.165, 1.54) is 25.6 Å². The zero-order valence-corrected chi connectivity index (χ0v) is 10.0. The fraction of sp³-hybridized carbons (Fsp3) is 0.154. The Kier molecular flexibility index (Phi) is 3.33. The summed E-state index contributed by atoms with van der Waals surface area (Å²) >= 11 is 0. The molecule has 0 saturated heterocycles. The van der Waals surface area contributed by atoms with Gasteiger partial charge in [0.2, 0.25) is 0 Å². The molecule has 0 saturated carbocycles. The number of aromatic nitrogens is 1. The molecule has 0 spiro atoms. The highest BCUT2D eigenvalue weighted by Gasteiger charge is 2.30. The SMILES string of the molecule is COc1cncc(-c2ccc(C(F)(F)F)cc2N)c1. The number of methoxy groups -OCH3 is 1. The number of benzene rings is 1. The van der Waals surface area contributed by atoms with Crippen molar-refractivity contribution in [3.8, 4) is 16.9 Å². The van der Waals surface area contributed by atoms with Crippen LogP contribution in [-0.4, -0.2) is 12.1 Å². The van der Waals surface area contributed by atoms with Crippen LogP contribution in [0.5, 0.6) is 5.75 Å². The van der Waals surface area contributed by atoms with Gasteiger partial charge in [-0.05, 0) is 18.2 Å². The number of hydrogen-bond donors (Lipinski definition) is 1. The van der Waals surface area contributed by atoms with Crippen LogP contribution < -0.4 is 10.5 Å². The highest BCUT2D eigenvalue weighted by atomic mass is 19.4. The molecule has 0 unspecified atom stereocenters. The van der Waals surface area contributed by atoms with E-state index in [-0.39, 0.29) is 5.69 Å². The molecule has 0 bridgehead atoms. The number of nitrogens with zero attached hydrogens (tertiary/aromatic N) is 1. The minimum atomic E-state index is -4.40. The van der Waals surface area contributed by atoms with Crippen molar-refractivity contribution in [1.82, 2.24) is 4.98 Å². The summed E-state index contributed by atoms with van der Waals surface area (Å²) in [5.41, 5.74) is 6.03. The van der Waals surface area contributed by atoms with Crippen LogP contribution in [0.25, 0.3) is 11.1 Å². The monoisotopic (exact) mass is 268 g/mol. The second kappa shape index (κ2) is 4.79. The minimum Gasteiger partial charge on any atom is -0.495 e. The van der Waals surface area contributed by atoms with Crippen LogP contribution in [-0.2, 0) is 6.18 Å². The zero-order valence-electron chi connectivity index (χ0n) is 10.0. The third-order valence-corrected chi connectivity index (χ3v) is 2.64. The van der Waals surface area contributed by atoms with E-state index in [1.54, 1.807) is 6.07 Å². The summed E-state index contributed by atoms with van der Waals surface area (Å²) in [5.74, 6) is 0.511. The summed E-state index contributed by atoms with van der Waals surface area (Å²) in [7, 11) is 1.48. The van der Waals surface area contributed by atoms with Gasteiger partial charge < -0.3 is 10.5 Å². The van der Waals surface area contributed by atoms with E-state index in [0.717, 1.165) is 12.1 Å². The van der Waals surface area contributed by atoms with E-state index < -0.39 is 11.7 Å². The highest BCUT2D eigenvalue weighted by Crippen LogP contribution is 2.34. The van der Waals surface area contributed by atoms with Crippen molar-refractivity contribution in [1.29, 1.82) is 0 Å². The lowest BCUT2D eigenvalue weighted by atomic mass is 10.0. The van der Waals surface area contributed by atoms with Crippen molar-refractivity contribution >= 4 is 5.69 Å². The predicted octanol–water partition coefficient (Wildman–Crippen LogP) is 3.36. The molecule has 0 aliphatic rings. The van der Waals surface area contributed by atoms with Gasteiger partial charge in [-0.3, -0.25) is 4.98 Å². The van der Waals surface area contributed by atoms with Gasteiger partial charge >= 0.3 is 6.18 Å². The molecule has 0 aliphatic carbocycles. The van der Waals surface area contributed by atoms with E-state index in [0.29, 0.717) is 16.9 Å². The maximum atomic E-state index is 12.5. The number of nitrogens with two attached hydrogens (primary N) is 1. The van der Waals surface area contributed by atoms with Crippen molar-refractivity contribution in [2.45, 2.75) is 6.18 Å². The summed E-state index contributed by atoms with van der Waals surface area (Å²) in [4.78, 5) is 3.94. The molecule has 100 valence electrons. The number of hydrogen-bond acceptors (Lipinski definition) is 3. The molecule has 1 heterocycles. The molecule has 2 aromatic rings. The minimum absolute atomic E-state index is 0.0462. The Morgan fingerprint density at radius 2 is 1.89 bits per heavy atom. The highest BCUT2D eigenvalue weighted by molar-refractivity contribution is 5.77. The number of alkyl halides is 3. The lowest BCUT2D eigenvalue weighted by Gasteiger charge is -2.11. The topological polar surface area (TPSA) is 48.1 Å². The lowest BCUT2D eigenvalue weighted by Crippen LogP contribution is -2.06. The first-order valence-electron chi connectivity index (χ1n) is 5.38. The quantitative estimate of drug-likeness (QED) is 0.849. The molecule has 2 rings (SSSR count). The van der Waals surface area contributed by atoms with E-state index in [1.807, 2.05) is 0 Å². The van der Waals surface area contributed by atoms with E-state index >= 15 is 0 Å². The predicted molar refractivity (Wildman–Crippen MR) is 65.6 cm³/mol. The van der Waals surface area contributed by atoms with Gasteiger partial charge in [0, 0.05) is 23.0 Å². The standard InChI is InChI=1S/C13H11F3N2O/c1-19-10-4-8(6-18-7-10)11-3-2-9(5-12(11)17)13(14,15)16/h2-7H,17H2,1H3. The molecule has 0 aliphatic heterocycles. The Morgan fingerprint density at radius 3 is 2.47 bits per heavy atom. The first kappa shape index (κ1) is 13.2. The van der Waals surface area contributed by atoms with Crippen LogP contribution in [0, 0.1) is 0 Å². The van der Waals surface area contributed by atoms with Gasteiger partial charge in [-0.15, -0.1) is 0 Å². The Morgan fingerprint density at radius 1 is 1.16 bits per heavy atom. The second-order valence-corrected chi connectivity index (χ2v) is 3.91. The number of anilines is 1. The van der Waals surface area contributed by atoms with Crippen molar-refractivity contribution in [3.63, 3.8) is 0 Å². The van der Waals surface area contributed by atoms with Crippen LogP contribution in [0.3, 0.4) is 0 Å². The van der Waals surface area contributed by atoms with Crippen LogP contribution in [0.4, 0.5) is 18.9 Å². The molecule has 3 nitrogen and oxygen atoms in total. The molecular weight excluding hydrogens is 257 g/mol. The van der Waals surface area contributed by atoms with Gasteiger partial charge in [0.1, 0.15) is 5.75 Å². The first-order chi connectivity index (χ1) is 8.91. The molecule has 0 fully saturated rings. The molecule has 6 heteroatoms. The molecule has 0 atom stereocenters. The summed E-state index contributed by atoms with van der Waals surface area (Å²) in [6.45, 7) is 0. The third kappa shape index (κ3) is 2.78. The van der Waals surface area contributed by atoms with E-state index in [9.17, 15) is 13.2 Å². The Hall–Kier alpha value is -2.24. The third-order valence-electron chi connectivity index (χ3n) is 2.64. The second-order valence-electron chi connectivity index (χ2n) is 3.91. The number of rotatable bonds is 2. The van der Waals surface area contributed by atoms with Gasteiger partial charge in [0.25, 0.3) is 0 Å². The smallest absolute Gasteiger partial charge is 0.416 e. The fourth-order valence-corrected chi connectivity index (χ4v) is 1.68. The van der Waals surface area contributed by atoms with Crippen LogP contribution in [0.15, 0.2) is 36.7 Å². The number of pyridine rings is 1. The fourth-order valence-electron chi connectivity index (χ4n) is 1.68. The van der Waals surface area contributed by atoms with Gasteiger partial charge in [0.15, 0.2) is 0 Å². The molecule has 1 aromatic heterocycles. The normalized spacial score (nSPS) is 11.4. The van der Waals surface area contributed by atoms with Crippen molar-refractivity contribution in [2.24, 2.45) is 0 Å². The van der Waals surface area contributed by atoms with Crippen LogP contribution in [0.1, 0.15) is 5.56 Å². The maximum absolute atomic E-state index is 12.5. The Balaban J connectivity index is 2.46. The zero-order chi connectivity index (χ0) is 14.0. The molecular formula is C13H11F3N2O. The van der Waals surface area contributed by atoms with E-state index in [2.05, 4.69) is 4.98 Å².